The van der Waals surface area contributed by atoms with Crippen molar-refractivity contribution in [3.63, 3.8) is 0 Å². The molecule has 0 saturated carbocycles. The summed E-state index contributed by atoms with van der Waals surface area (Å²) in [5.41, 5.74) is 4.55. The molecule has 1 amide bonds. The molecule has 1 aromatic heterocycles. The summed E-state index contributed by atoms with van der Waals surface area (Å²) in [6, 6.07) is 12.9. The Hall–Kier alpha value is -2.40. The number of amides is 1. The summed E-state index contributed by atoms with van der Waals surface area (Å²) in [4.78, 5) is 19.1. The molecule has 5 heteroatoms. The fraction of sp³-hybridized carbons (Fsp3) is 0.500. The van der Waals surface area contributed by atoms with Crippen LogP contribution in [-0.2, 0) is 9.53 Å². The first kappa shape index (κ1) is 19.9. The van der Waals surface area contributed by atoms with Crippen molar-refractivity contribution in [3.8, 4) is 0 Å². The molecule has 3 atom stereocenters. The lowest BCUT2D eigenvalue weighted by molar-refractivity contribution is -0.117. The van der Waals surface area contributed by atoms with Crippen LogP contribution >= 0.6 is 0 Å². The number of benzene rings is 1. The topological polar surface area (TPSA) is 54.5 Å². The standard InChI is InChI=1S/C24H31N3O2/c1-15-6-5-7-23(25-15)26-24-16(2)17(3)27(18(4)28)22-9-8-20(14-21(22)24)19-10-12-29-13-11-19/h5-9,14,16-17,19,24H,10-13H2,1-4H3,(H,25,26)/t16-,17-,24?/m0/s1. The molecule has 4 rings (SSSR count). The third-order valence-corrected chi connectivity index (χ3v) is 6.56. The minimum absolute atomic E-state index is 0.0940. The number of rotatable bonds is 3. The van der Waals surface area contributed by atoms with Crippen LogP contribution in [0.25, 0.3) is 0 Å². The third kappa shape index (κ3) is 3.88. The Kier molecular flexibility index (Phi) is 5.59. The molecular weight excluding hydrogens is 362 g/mol. The van der Waals surface area contributed by atoms with Gasteiger partial charge in [0.15, 0.2) is 0 Å². The molecule has 2 aliphatic heterocycles. The molecule has 0 radical (unpaired) electrons. The van der Waals surface area contributed by atoms with E-state index in [2.05, 4.69) is 42.3 Å². The maximum atomic E-state index is 12.5. The lowest BCUT2D eigenvalue weighted by Crippen LogP contribution is -2.48. The number of nitrogens with one attached hydrogen (secondary N) is 1. The predicted octanol–water partition coefficient (Wildman–Crippen LogP) is 4.83. The molecule has 0 bridgehead atoms. The van der Waals surface area contributed by atoms with Gasteiger partial charge in [0.25, 0.3) is 0 Å². The Morgan fingerprint density at radius 2 is 1.93 bits per heavy atom. The van der Waals surface area contributed by atoms with Crippen LogP contribution in [0.15, 0.2) is 36.4 Å². The molecule has 1 saturated heterocycles. The Morgan fingerprint density at radius 3 is 2.62 bits per heavy atom. The molecule has 154 valence electrons. The molecule has 1 unspecified atom stereocenters. The van der Waals surface area contributed by atoms with Gasteiger partial charge in [0, 0.05) is 43.5 Å². The number of aryl methyl sites for hydroxylation is 1. The smallest absolute Gasteiger partial charge is 0.224 e. The van der Waals surface area contributed by atoms with Crippen LogP contribution in [0, 0.1) is 12.8 Å². The van der Waals surface area contributed by atoms with Crippen LogP contribution in [0.5, 0.6) is 0 Å². The second-order valence-corrected chi connectivity index (χ2v) is 8.48. The molecule has 1 N–H and O–H groups in total. The van der Waals surface area contributed by atoms with Crippen molar-refractivity contribution in [2.45, 2.75) is 58.5 Å². The van der Waals surface area contributed by atoms with Gasteiger partial charge in [-0.3, -0.25) is 4.79 Å². The summed E-state index contributed by atoms with van der Waals surface area (Å²) >= 11 is 0. The summed E-state index contributed by atoms with van der Waals surface area (Å²) < 4.78 is 5.55. The molecule has 2 aromatic rings. The third-order valence-electron chi connectivity index (χ3n) is 6.56. The number of carbonyl (C=O) groups excluding carboxylic acids is 1. The molecular formula is C24H31N3O2. The van der Waals surface area contributed by atoms with Gasteiger partial charge < -0.3 is 15.0 Å². The van der Waals surface area contributed by atoms with E-state index in [9.17, 15) is 4.79 Å². The zero-order chi connectivity index (χ0) is 20.5. The van der Waals surface area contributed by atoms with E-state index in [0.29, 0.717) is 5.92 Å². The first-order valence-electron chi connectivity index (χ1n) is 10.7. The van der Waals surface area contributed by atoms with E-state index in [1.54, 1.807) is 6.92 Å². The average Bonchev–Trinajstić information content (AvgIpc) is 2.72. The van der Waals surface area contributed by atoms with Gasteiger partial charge in [-0.25, -0.2) is 4.98 Å². The van der Waals surface area contributed by atoms with Crippen LogP contribution in [-0.4, -0.2) is 30.1 Å². The van der Waals surface area contributed by atoms with Crippen molar-refractivity contribution >= 4 is 17.4 Å². The van der Waals surface area contributed by atoms with Gasteiger partial charge in [0.05, 0.1) is 6.04 Å². The second kappa shape index (κ2) is 8.15. The normalized spacial score (nSPS) is 24.8. The van der Waals surface area contributed by atoms with E-state index in [4.69, 9.17) is 4.74 Å². The number of aromatic nitrogens is 1. The van der Waals surface area contributed by atoms with Crippen molar-refractivity contribution in [1.82, 2.24) is 4.98 Å². The van der Waals surface area contributed by atoms with Crippen LogP contribution in [0.1, 0.15) is 62.4 Å². The number of carbonyl (C=O) groups is 1. The minimum atomic E-state index is 0.0940. The zero-order valence-corrected chi connectivity index (χ0v) is 17.8. The highest BCUT2D eigenvalue weighted by molar-refractivity contribution is 5.94. The molecule has 5 nitrogen and oxygen atoms in total. The van der Waals surface area contributed by atoms with Gasteiger partial charge in [-0.05, 0) is 61.9 Å². The van der Waals surface area contributed by atoms with E-state index in [0.717, 1.165) is 43.3 Å². The maximum absolute atomic E-state index is 12.5. The fourth-order valence-electron chi connectivity index (χ4n) is 4.79. The highest BCUT2D eigenvalue weighted by atomic mass is 16.5. The molecule has 3 heterocycles. The molecule has 1 aromatic carbocycles. The summed E-state index contributed by atoms with van der Waals surface area (Å²) in [5, 5.41) is 3.67. The number of pyridine rings is 1. The monoisotopic (exact) mass is 393 g/mol. The van der Waals surface area contributed by atoms with Gasteiger partial charge >= 0.3 is 0 Å². The molecule has 29 heavy (non-hydrogen) atoms. The molecule has 1 fully saturated rings. The number of ether oxygens (including phenoxy) is 1. The van der Waals surface area contributed by atoms with Gasteiger partial charge in [0.1, 0.15) is 5.82 Å². The zero-order valence-electron chi connectivity index (χ0n) is 17.8. The van der Waals surface area contributed by atoms with Crippen molar-refractivity contribution < 1.29 is 9.53 Å². The van der Waals surface area contributed by atoms with E-state index in [1.807, 2.05) is 30.0 Å². The summed E-state index contributed by atoms with van der Waals surface area (Å²) in [6.07, 6.45) is 2.11. The lowest BCUT2D eigenvalue weighted by atomic mass is 9.80. The highest BCUT2D eigenvalue weighted by Gasteiger charge is 2.38. The van der Waals surface area contributed by atoms with Crippen molar-refractivity contribution in [3.05, 3.63) is 53.2 Å². The van der Waals surface area contributed by atoms with Crippen LogP contribution in [0.2, 0.25) is 0 Å². The number of hydrogen-bond donors (Lipinski definition) is 1. The second-order valence-electron chi connectivity index (χ2n) is 8.48. The first-order chi connectivity index (χ1) is 14.0. The summed E-state index contributed by atoms with van der Waals surface area (Å²) in [7, 11) is 0. The molecule has 2 aliphatic rings. The number of anilines is 2. The number of fused-ring (bicyclic) bond motifs is 1. The summed E-state index contributed by atoms with van der Waals surface area (Å²) in [6.45, 7) is 9.67. The van der Waals surface area contributed by atoms with Crippen LogP contribution in [0.3, 0.4) is 0 Å². The minimum Gasteiger partial charge on any atom is -0.381 e. The predicted molar refractivity (Wildman–Crippen MR) is 116 cm³/mol. The molecule has 0 spiro atoms. The Labute approximate surface area is 173 Å². The van der Waals surface area contributed by atoms with E-state index in [-0.39, 0.29) is 23.9 Å². The Bertz CT molecular complexity index is 891. The van der Waals surface area contributed by atoms with Gasteiger partial charge in [-0.2, -0.15) is 0 Å². The SMILES string of the molecule is CC(=O)N1c2ccc(C3CCOCC3)cc2C(Nc2cccc(C)n2)[C@@H](C)[C@@H]1C. The highest BCUT2D eigenvalue weighted by Crippen LogP contribution is 2.44. The van der Waals surface area contributed by atoms with E-state index >= 15 is 0 Å². The van der Waals surface area contributed by atoms with Gasteiger partial charge in [-0.1, -0.05) is 25.1 Å². The largest absolute Gasteiger partial charge is 0.381 e. The van der Waals surface area contributed by atoms with Crippen molar-refractivity contribution in [1.29, 1.82) is 0 Å². The Morgan fingerprint density at radius 1 is 1.17 bits per heavy atom. The number of nitrogens with zero attached hydrogens (tertiary/aromatic N) is 2. The fourth-order valence-corrected chi connectivity index (χ4v) is 4.79. The first-order valence-corrected chi connectivity index (χ1v) is 10.7. The Balaban J connectivity index is 1.76. The van der Waals surface area contributed by atoms with E-state index < -0.39 is 0 Å². The van der Waals surface area contributed by atoms with Crippen LogP contribution < -0.4 is 10.2 Å². The van der Waals surface area contributed by atoms with Crippen molar-refractivity contribution in [2.75, 3.05) is 23.4 Å². The lowest BCUT2D eigenvalue weighted by Gasteiger charge is -2.44. The number of hydrogen-bond acceptors (Lipinski definition) is 4. The maximum Gasteiger partial charge on any atom is 0.224 e. The van der Waals surface area contributed by atoms with Gasteiger partial charge in [-0.15, -0.1) is 0 Å². The van der Waals surface area contributed by atoms with Gasteiger partial charge in [0.2, 0.25) is 5.91 Å². The average molecular weight is 394 g/mol. The quantitative estimate of drug-likeness (QED) is 0.812. The summed E-state index contributed by atoms with van der Waals surface area (Å²) in [5.74, 6) is 1.75. The van der Waals surface area contributed by atoms with Crippen LogP contribution in [0.4, 0.5) is 11.5 Å². The molecule has 0 aliphatic carbocycles. The van der Waals surface area contributed by atoms with Crippen molar-refractivity contribution in [2.24, 2.45) is 5.92 Å². The van der Waals surface area contributed by atoms with E-state index in [1.165, 1.54) is 11.1 Å².